The van der Waals surface area contributed by atoms with Crippen LogP contribution in [-0.4, -0.2) is 21.9 Å². The number of amides is 1. The van der Waals surface area contributed by atoms with Gasteiger partial charge >= 0.3 is 0 Å². The second kappa shape index (κ2) is 7.31. The summed E-state index contributed by atoms with van der Waals surface area (Å²) in [5.41, 5.74) is 4.52. The smallest absolute Gasteiger partial charge is 0.267 e. The molecule has 0 aliphatic rings. The van der Waals surface area contributed by atoms with Gasteiger partial charge in [-0.1, -0.05) is 56.3 Å². The molecule has 0 bridgehead atoms. The van der Waals surface area contributed by atoms with E-state index in [1.54, 1.807) is 30.5 Å². The van der Waals surface area contributed by atoms with Crippen LogP contribution >= 0.6 is 0 Å². The maximum Gasteiger partial charge on any atom is 0.292 e. The molecule has 6 heteroatoms. The Morgan fingerprint density at radius 3 is 2.42 bits per heavy atom. The summed E-state index contributed by atoms with van der Waals surface area (Å²) in [4.78, 5) is 24.6. The molecule has 132 valence electrons. The molecule has 0 aliphatic carbocycles. The number of hydrazone groups is 1. The molecule has 0 aliphatic heterocycles. The highest BCUT2D eigenvalue weighted by Gasteiger charge is 2.14. The van der Waals surface area contributed by atoms with Gasteiger partial charge in [-0.2, -0.15) is 10.2 Å². The predicted octanol–water partition coefficient (Wildman–Crippen LogP) is 2.82. The number of fused-ring (bicyclic) bond motifs is 1. The third kappa shape index (κ3) is 3.54. The number of carbonyl (C=O) groups is 1. The average Bonchev–Trinajstić information content (AvgIpc) is 2.65. The topological polar surface area (TPSA) is 76.3 Å². The number of aromatic nitrogens is 2. The molecule has 0 saturated heterocycles. The van der Waals surface area contributed by atoms with Crippen LogP contribution in [0.25, 0.3) is 10.8 Å². The minimum Gasteiger partial charge on any atom is -0.267 e. The Kier molecular flexibility index (Phi) is 4.93. The summed E-state index contributed by atoms with van der Waals surface area (Å²) in [7, 11) is 1.52. The Morgan fingerprint density at radius 2 is 1.77 bits per heavy atom. The van der Waals surface area contributed by atoms with Crippen molar-refractivity contribution >= 4 is 22.9 Å². The molecular formula is C20H20N4O2. The number of nitrogens with one attached hydrogen (secondary N) is 1. The molecule has 26 heavy (non-hydrogen) atoms. The van der Waals surface area contributed by atoms with Gasteiger partial charge in [-0.3, -0.25) is 9.59 Å². The van der Waals surface area contributed by atoms with Crippen LogP contribution in [0.1, 0.15) is 41.4 Å². The maximum absolute atomic E-state index is 12.5. The number of hydrogen-bond acceptors (Lipinski definition) is 4. The first-order valence-electron chi connectivity index (χ1n) is 8.37. The number of nitrogens with zero attached hydrogens (tertiary/aromatic N) is 3. The first-order valence-corrected chi connectivity index (χ1v) is 8.37. The van der Waals surface area contributed by atoms with Crippen molar-refractivity contribution in [3.05, 3.63) is 75.7 Å². The molecule has 0 fully saturated rings. The van der Waals surface area contributed by atoms with Crippen molar-refractivity contribution in [2.24, 2.45) is 12.1 Å². The van der Waals surface area contributed by atoms with Crippen LogP contribution in [0.15, 0.2) is 58.4 Å². The van der Waals surface area contributed by atoms with E-state index >= 15 is 0 Å². The van der Waals surface area contributed by atoms with Gasteiger partial charge in [0.1, 0.15) is 0 Å². The monoisotopic (exact) mass is 348 g/mol. The molecule has 1 amide bonds. The van der Waals surface area contributed by atoms with Gasteiger partial charge in [-0.25, -0.2) is 10.1 Å². The van der Waals surface area contributed by atoms with Crippen LogP contribution in [0.2, 0.25) is 0 Å². The normalized spacial score (nSPS) is 11.4. The summed E-state index contributed by atoms with van der Waals surface area (Å²) in [5.74, 6) is -0.00313. The van der Waals surface area contributed by atoms with E-state index in [9.17, 15) is 9.59 Å². The minimum absolute atomic E-state index is 0.162. The third-order valence-electron chi connectivity index (χ3n) is 4.15. The van der Waals surface area contributed by atoms with E-state index in [2.05, 4.69) is 29.5 Å². The molecule has 0 radical (unpaired) electrons. The molecule has 1 aromatic heterocycles. The van der Waals surface area contributed by atoms with E-state index in [0.29, 0.717) is 16.7 Å². The first-order chi connectivity index (χ1) is 12.5. The third-order valence-corrected chi connectivity index (χ3v) is 4.15. The lowest BCUT2D eigenvalue weighted by atomic mass is 10.0. The Balaban J connectivity index is 1.81. The largest absolute Gasteiger partial charge is 0.292 e. The SMILES string of the molecule is CC(C)c1ccc(/C=N\NC(=O)c2nn(C)c(=O)c3ccccc23)cc1. The van der Waals surface area contributed by atoms with Crippen LogP contribution in [0.3, 0.4) is 0 Å². The molecule has 1 heterocycles. The molecule has 1 N–H and O–H groups in total. The number of hydrogen-bond donors (Lipinski definition) is 1. The lowest BCUT2D eigenvalue weighted by molar-refractivity contribution is 0.0950. The fourth-order valence-electron chi connectivity index (χ4n) is 2.65. The van der Waals surface area contributed by atoms with Crippen LogP contribution in [0.4, 0.5) is 0 Å². The van der Waals surface area contributed by atoms with Gasteiger partial charge in [-0.05, 0) is 23.1 Å². The average molecular weight is 348 g/mol. The van der Waals surface area contributed by atoms with E-state index < -0.39 is 5.91 Å². The van der Waals surface area contributed by atoms with Gasteiger partial charge in [0, 0.05) is 12.4 Å². The zero-order valence-electron chi connectivity index (χ0n) is 14.9. The standard InChI is InChI=1S/C20H20N4O2/c1-13(2)15-10-8-14(9-11-15)12-21-22-19(25)18-16-6-4-5-7-17(16)20(26)24(3)23-18/h4-13H,1-3H3,(H,22,25)/b21-12-. The van der Waals surface area contributed by atoms with Gasteiger partial charge in [0.15, 0.2) is 5.69 Å². The molecule has 3 aromatic rings. The van der Waals surface area contributed by atoms with Crippen LogP contribution in [0, 0.1) is 0 Å². The highest BCUT2D eigenvalue weighted by molar-refractivity contribution is 6.04. The summed E-state index contributed by atoms with van der Waals surface area (Å²) >= 11 is 0. The Morgan fingerprint density at radius 1 is 1.12 bits per heavy atom. The van der Waals surface area contributed by atoms with E-state index in [-0.39, 0.29) is 11.3 Å². The van der Waals surface area contributed by atoms with Crippen molar-refractivity contribution < 1.29 is 4.79 Å². The Bertz CT molecular complexity index is 1030. The van der Waals surface area contributed by atoms with Crippen molar-refractivity contribution in [3.8, 4) is 0 Å². The van der Waals surface area contributed by atoms with Crippen molar-refractivity contribution in [3.63, 3.8) is 0 Å². The van der Waals surface area contributed by atoms with Gasteiger partial charge < -0.3 is 0 Å². The molecular weight excluding hydrogens is 328 g/mol. The molecule has 0 spiro atoms. The molecule has 0 unspecified atom stereocenters. The highest BCUT2D eigenvalue weighted by atomic mass is 16.2. The molecule has 2 aromatic carbocycles. The molecule has 3 rings (SSSR count). The minimum atomic E-state index is -0.466. The fraction of sp³-hybridized carbons (Fsp3) is 0.200. The summed E-state index contributed by atoms with van der Waals surface area (Å²) in [6.45, 7) is 4.27. The van der Waals surface area contributed by atoms with E-state index in [0.717, 1.165) is 10.2 Å². The van der Waals surface area contributed by atoms with E-state index in [1.807, 2.05) is 24.3 Å². The van der Waals surface area contributed by atoms with Crippen molar-refractivity contribution in [2.75, 3.05) is 0 Å². The summed E-state index contributed by atoms with van der Waals surface area (Å²) in [6.07, 6.45) is 1.58. The lowest BCUT2D eigenvalue weighted by Gasteiger charge is -2.06. The molecule has 0 atom stereocenters. The van der Waals surface area contributed by atoms with E-state index in [1.165, 1.54) is 12.6 Å². The zero-order valence-corrected chi connectivity index (χ0v) is 14.9. The van der Waals surface area contributed by atoms with Gasteiger partial charge in [-0.15, -0.1) is 0 Å². The lowest BCUT2D eigenvalue weighted by Crippen LogP contribution is -2.27. The highest BCUT2D eigenvalue weighted by Crippen LogP contribution is 2.14. The van der Waals surface area contributed by atoms with Crippen molar-refractivity contribution in [1.29, 1.82) is 0 Å². The van der Waals surface area contributed by atoms with Crippen LogP contribution in [0.5, 0.6) is 0 Å². The summed E-state index contributed by atoms with van der Waals surface area (Å²) < 4.78 is 1.16. The Hall–Kier alpha value is -3.28. The van der Waals surface area contributed by atoms with Crippen molar-refractivity contribution in [1.82, 2.24) is 15.2 Å². The van der Waals surface area contributed by atoms with Gasteiger partial charge in [0.25, 0.3) is 11.5 Å². The van der Waals surface area contributed by atoms with Gasteiger partial charge in [0.05, 0.1) is 11.6 Å². The quantitative estimate of drug-likeness (QED) is 0.582. The summed E-state index contributed by atoms with van der Waals surface area (Å²) in [6, 6.07) is 14.9. The summed E-state index contributed by atoms with van der Waals surface area (Å²) in [5, 5.41) is 9.03. The van der Waals surface area contributed by atoms with Crippen LogP contribution in [-0.2, 0) is 7.05 Å². The Labute approximate surface area is 151 Å². The number of rotatable bonds is 4. The second-order valence-electron chi connectivity index (χ2n) is 6.34. The number of aryl methyl sites for hydroxylation is 1. The van der Waals surface area contributed by atoms with E-state index in [4.69, 9.17) is 0 Å². The van der Waals surface area contributed by atoms with Crippen LogP contribution < -0.4 is 11.0 Å². The first kappa shape index (κ1) is 17.5. The number of carbonyl (C=O) groups excluding carboxylic acids is 1. The second-order valence-corrected chi connectivity index (χ2v) is 6.34. The van der Waals surface area contributed by atoms with Crippen molar-refractivity contribution in [2.45, 2.75) is 19.8 Å². The fourth-order valence-corrected chi connectivity index (χ4v) is 2.65. The predicted molar refractivity (Wildman–Crippen MR) is 103 cm³/mol. The number of benzene rings is 2. The molecule has 6 nitrogen and oxygen atoms in total. The maximum atomic E-state index is 12.5. The molecule has 0 saturated carbocycles. The zero-order chi connectivity index (χ0) is 18.7. The van der Waals surface area contributed by atoms with Gasteiger partial charge in [0.2, 0.25) is 0 Å².